The number of rotatable bonds is 6. The molecule has 0 bridgehead atoms. The molecule has 0 fully saturated rings. The van der Waals surface area contributed by atoms with E-state index in [1.807, 2.05) is 55.5 Å². The van der Waals surface area contributed by atoms with E-state index in [4.69, 9.17) is 11.6 Å². The van der Waals surface area contributed by atoms with Crippen molar-refractivity contribution in [1.29, 1.82) is 0 Å². The predicted molar refractivity (Wildman–Crippen MR) is 113 cm³/mol. The Kier molecular flexibility index (Phi) is 6.45. The lowest BCUT2D eigenvalue weighted by Crippen LogP contribution is -2.20. The molecule has 1 amide bonds. The third-order valence-electron chi connectivity index (χ3n) is 4.36. The second-order valence-electron chi connectivity index (χ2n) is 6.54. The normalized spacial score (nSPS) is 10.9. The fourth-order valence-corrected chi connectivity index (χ4v) is 2.87. The summed E-state index contributed by atoms with van der Waals surface area (Å²) in [7, 11) is 0. The van der Waals surface area contributed by atoms with Crippen LogP contribution in [0.3, 0.4) is 0 Å². The Balaban J connectivity index is 1.53. The number of hydrogen-bond donors (Lipinski definition) is 1. The van der Waals surface area contributed by atoms with E-state index in [0.717, 1.165) is 22.3 Å². The van der Waals surface area contributed by atoms with Gasteiger partial charge in [0.2, 0.25) is 5.91 Å². The van der Waals surface area contributed by atoms with Gasteiger partial charge in [0.25, 0.3) is 5.56 Å². The van der Waals surface area contributed by atoms with Crippen LogP contribution in [0, 0.1) is 6.92 Å². The lowest BCUT2D eigenvalue weighted by atomic mass is 10.1. The van der Waals surface area contributed by atoms with Gasteiger partial charge in [0, 0.05) is 29.9 Å². The minimum absolute atomic E-state index is 0.0273. The number of aromatic nitrogens is 1. The Bertz CT molecular complexity index is 1050. The van der Waals surface area contributed by atoms with E-state index < -0.39 is 0 Å². The van der Waals surface area contributed by atoms with Gasteiger partial charge in [-0.15, -0.1) is 0 Å². The SMILES string of the molecule is Cc1ccc(/C=C/C(=O)NCc2ccc(Cn3ccccc3=O)cc2)cc1Cl. The quantitative estimate of drug-likeness (QED) is 0.639. The molecule has 0 saturated carbocycles. The first kappa shape index (κ1) is 19.6. The lowest BCUT2D eigenvalue weighted by Gasteiger charge is -2.07. The van der Waals surface area contributed by atoms with Gasteiger partial charge < -0.3 is 9.88 Å². The topological polar surface area (TPSA) is 51.1 Å². The molecule has 0 spiro atoms. The van der Waals surface area contributed by atoms with Gasteiger partial charge in [-0.25, -0.2) is 0 Å². The number of benzene rings is 2. The number of aryl methyl sites for hydroxylation is 1. The van der Waals surface area contributed by atoms with E-state index in [9.17, 15) is 9.59 Å². The summed E-state index contributed by atoms with van der Waals surface area (Å²) < 4.78 is 1.65. The Labute approximate surface area is 169 Å². The van der Waals surface area contributed by atoms with Crippen molar-refractivity contribution in [2.24, 2.45) is 0 Å². The van der Waals surface area contributed by atoms with E-state index in [-0.39, 0.29) is 11.5 Å². The third kappa shape index (κ3) is 5.44. The van der Waals surface area contributed by atoms with Crippen molar-refractivity contribution in [3.63, 3.8) is 0 Å². The Hall–Kier alpha value is -3.11. The number of amides is 1. The van der Waals surface area contributed by atoms with Crippen molar-refractivity contribution in [1.82, 2.24) is 9.88 Å². The van der Waals surface area contributed by atoms with Gasteiger partial charge in [-0.2, -0.15) is 0 Å². The summed E-state index contributed by atoms with van der Waals surface area (Å²) in [6, 6.07) is 18.6. The van der Waals surface area contributed by atoms with Gasteiger partial charge in [-0.1, -0.05) is 54.1 Å². The van der Waals surface area contributed by atoms with Crippen LogP contribution in [0.25, 0.3) is 6.08 Å². The van der Waals surface area contributed by atoms with Gasteiger partial charge in [0.05, 0.1) is 6.54 Å². The maximum atomic E-state index is 12.0. The average Bonchev–Trinajstić information content (AvgIpc) is 2.70. The fourth-order valence-electron chi connectivity index (χ4n) is 2.68. The van der Waals surface area contributed by atoms with Crippen LogP contribution in [0.15, 0.2) is 77.7 Å². The highest BCUT2D eigenvalue weighted by atomic mass is 35.5. The molecular formula is C23H21ClN2O2. The van der Waals surface area contributed by atoms with Gasteiger partial charge in [-0.05, 0) is 47.4 Å². The number of carbonyl (C=O) groups is 1. The zero-order chi connectivity index (χ0) is 19.9. The van der Waals surface area contributed by atoms with Crippen LogP contribution < -0.4 is 10.9 Å². The number of nitrogens with one attached hydrogen (secondary N) is 1. The summed E-state index contributed by atoms with van der Waals surface area (Å²) in [5.74, 6) is -0.170. The van der Waals surface area contributed by atoms with Crippen molar-refractivity contribution >= 4 is 23.6 Å². The molecule has 0 aliphatic heterocycles. The highest BCUT2D eigenvalue weighted by Crippen LogP contribution is 2.17. The van der Waals surface area contributed by atoms with Gasteiger partial charge >= 0.3 is 0 Å². The number of nitrogens with zero attached hydrogens (tertiary/aromatic N) is 1. The standard InChI is InChI=1S/C23H21ClN2O2/c1-17-5-6-18(14-21(17)24)11-12-22(27)25-15-19-7-9-20(10-8-19)16-26-13-3-2-4-23(26)28/h2-14H,15-16H2,1H3,(H,25,27)/b12-11+. The van der Waals surface area contributed by atoms with Crippen LogP contribution in [0.5, 0.6) is 0 Å². The minimum atomic E-state index is -0.170. The first-order valence-corrected chi connectivity index (χ1v) is 9.34. The molecule has 3 aromatic rings. The third-order valence-corrected chi connectivity index (χ3v) is 4.77. The number of halogens is 1. The second-order valence-corrected chi connectivity index (χ2v) is 6.95. The molecule has 4 nitrogen and oxygen atoms in total. The highest BCUT2D eigenvalue weighted by molar-refractivity contribution is 6.31. The summed E-state index contributed by atoms with van der Waals surface area (Å²) >= 11 is 6.09. The highest BCUT2D eigenvalue weighted by Gasteiger charge is 2.01. The Morgan fingerprint density at radius 3 is 2.54 bits per heavy atom. The first-order chi connectivity index (χ1) is 13.5. The molecule has 3 rings (SSSR count). The summed E-state index contributed by atoms with van der Waals surface area (Å²) in [5, 5.41) is 3.54. The summed E-state index contributed by atoms with van der Waals surface area (Å²) in [6.45, 7) is 2.89. The monoisotopic (exact) mass is 392 g/mol. The Morgan fingerprint density at radius 2 is 1.82 bits per heavy atom. The van der Waals surface area contributed by atoms with Crippen molar-refractivity contribution in [3.05, 3.63) is 111 Å². The Morgan fingerprint density at radius 1 is 1.07 bits per heavy atom. The lowest BCUT2D eigenvalue weighted by molar-refractivity contribution is -0.116. The number of pyridine rings is 1. The largest absolute Gasteiger partial charge is 0.348 e. The van der Waals surface area contributed by atoms with Gasteiger partial charge in [0.1, 0.15) is 0 Å². The summed E-state index contributed by atoms with van der Waals surface area (Å²) in [4.78, 5) is 23.8. The molecule has 5 heteroatoms. The van der Waals surface area contributed by atoms with Crippen LogP contribution in [0.4, 0.5) is 0 Å². The maximum Gasteiger partial charge on any atom is 0.250 e. The van der Waals surface area contributed by atoms with Crippen LogP contribution >= 0.6 is 11.6 Å². The van der Waals surface area contributed by atoms with Gasteiger partial charge in [-0.3, -0.25) is 9.59 Å². The van der Waals surface area contributed by atoms with Crippen molar-refractivity contribution in [2.75, 3.05) is 0 Å². The van der Waals surface area contributed by atoms with Crippen molar-refractivity contribution < 1.29 is 4.79 Å². The van der Waals surface area contributed by atoms with E-state index in [1.165, 1.54) is 6.08 Å². The second kappa shape index (κ2) is 9.20. The molecule has 0 radical (unpaired) electrons. The van der Waals surface area contributed by atoms with E-state index in [2.05, 4.69) is 5.32 Å². The first-order valence-electron chi connectivity index (χ1n) is 8.96. The molecule has 1 aromatic heterocycles. The molecular weight excluding hydrogens is 372 g/mol. The molecule has 0 aliphatic rings. The number of carbonyl (C=O) groups excluding carboxylic acids is 1. The van der Waals surface area contributed by atoms with Crippen LogP contribution in [0.2, 0.25) is 5.02 Å². The smallest absolute Gasteiger partial charge is 0.250 e. The molecule has 0 aliphatic carbocycles. The van der Waals surface area contributed by atoms with E-state index in [0.29, 0.717) is 18.1 Å². The zero-order valence-corrected chi connectivity index (χ0v) is 16.3. The fraction of sp³-hybridized carbons (Fsp3) is 0.130. The average molecular weight is 393 g/mol. The van der Waals surface area contributed by atoms with Crippen LogP contribution in [-0.2, 0) is 17.9 Å². The minimum Gasteiger partial charge on any atom is -0.348 e. The van der Waals surface area contributed by atoms with Crippen molar-refractivity contribution in [2.45, 2.75) is 20.0 Å². The molecule has 0 atom stereocenters. The van der Waals surface area contributed by atoms with Crippen LogP contribution in [0.1, 0.15) is 22.3 Å². The van der Waals surface area contributed by atoms with E-state index in [1.54, 1.807) is 29.0 Å². The van der Waals surface area contributed by atoms with Gasteiger partial charge in [0.15, 0.2) is 0 Å². The molecule has 142 valence electrons. The van der Waals surface area contributed by atoms with E-state index >= 15 is 0 Å². The zero-order valence-electron chi connectivity index (χ0n) is 15.6. The molecule has 0 saturated heterocycles. The predicted octanol–water partition coefficient (Wildman–Crippen LogP) is 4.19. The molecule has 28 heavy (non-hydrogen) atoms. The molecule has 1 N–H and O–H groups in total. The number of hydrogen-bond acceptors (Lipinski definition) is 2. The summed E-state index contributed by atoms with van der Waals surface area (Å²) in [6.07, 6.45) is 5.00. The summed E-state index contributed by atoms with van der Waals surface area (Å²) in [5.41, 5.74) is 3.87. The molecule has 2 aromatic carbocycles. The molecule has 1 heterocycles. The molecule has 0 unspecified atom stereocenters. The van der Waals surface area contributed by atoms with Crippen molar-refractivity contribution in [3.8, 4) is 0 Å². The maximum absolute atomic E-state index is 12.0. The van der Waals surface area contributed by atoms with Crippen LogP contribution in [-0.4, -0.2) is 10.5 Å².